The van der Waals surface area contributed by atoms with E-state index in [1.54, 1.807) is 11.8 Å². The van der Waals surface area contributed by atoms with Gasteiger partial charge in [0.1, 0.15) is 24.4 Å². The fourth-order valence-corrected chi connectivity index (χ4v) is 3.23. The number of hydrogen-bond acceptors (Lipinski definition) is 7. The summed E-state index contributed by atoms with van der Waals surface area (Å²) in [4.78, 5) is 0. The smallest absolute Gasteiger partial charge is 0.186 e. The van der Waals surface area contributed by atoms with Crippen LogP contribution in [0.1, 0.15) is 0 Å². The van der Waals surface area contributed by atoms with E-state index in [1.807, 2.05) is 17.6 Å². The van der Waals surface area contributed by atoms with Crippen molar-refractivity contribution in [3.05, 3.63) is 23.1 Å². The fourth-order valence-electron chi connectivity index (χ4n) is 2.52. The van der Waals surface area contributed by atoms with Crippen molar-refractivity contribution in [3.63, 3.8) is 0 Å². The summed E-state index contributed by atoms with van der Waals surface area (Å²) in [5.74, 6) is 0.790. The predicted octanol–water partition coefficient (Wildman–Crippen LogP) is 0.00790. The highest BCUT2D eigenvalue weighted by Crippen LogP contribution is 2.32. The van der Waals surface area contributed by atoms with Crippen LogP contribution in [0, 0.1) is 0 Å². The Morgan fingerprint density at radius 2 is 2.15 bits per heavy atom. The second-order valence-electron chi connectivity index (χ2n) is 4.91. The average molecular weight is 302 g/mol. The van der Waals surface area contributed by atoms with Gasteiger partial charge in [-0.25, -0.2) is 0 Å². The molecule has 2 saturated heterocycles. The number of thioether (sulfide) groups is 1. The van der Waals surface area contributed by atoms with Gasteiger partial charge < -0.3 is 29.2 Å². The van der Waals surface area contributed by atoms with Gasteiger partial charge in [-0.15, -0.1) is 11.8 Å². The number of fused-ring (bicyclic) bond motifs is 1. The van der Waals surface area contributed by atoms with Crippen LogP contribution in [-0.2, 0) is 18.9 Å². The molecule has 3 aliphatic rings. The Hall–Kier alpha value is -0.410. The van der Waals surface area contributed by atoms with E-state index in [2.05, 4.69) is 0 Å². The fraction of sp³-hybridized carbons (Fsp3) is 0.692. The first-order valence-electron chi connectivity index (χ1n) is 6.49. The molecule has 7 heteroatoms. The summed E-state index contributed by atoms with van der Waals surface area (Å²) in [5.41, 5.74) is 1.01. The molecule has 20 heavy (non-hydrogen) atoms. The molecule has 0 amide bonds. The summed E-state index contributed by atoms with van der Waals surface area (Å²) < 4.78 is 22.0. The Balaban J connectivity index is 1.70. The lowest BCUT2D eigenvalue weighted by Gasteiger charge is -2.46. The highest BCUT2D eigenvalue weighted by Gasteiger charge is 2.49. The van der Waals surface area contributed by atoms with E-state index in [9.17, 15) is 10.2 Å². The lowest BCUT2D eigenvalue weighted by atomic mass is 9.98. The zero-order chi connectivity index (χ0) is 14.1. The third kappa shape index (κ3) is 2.67. The third-order valence-electron chi connectivity index (χ3n) is 3.60. The van der Waals surface area contributed by atoms with Gasteiger partial charge in [-0.3, -0.25) is 0 Å². The van der Waals surface area contributed by atoms with Crippen molar-refractivity contribution < 1.29 is 29.2 Å². The van der Waals surface area contributed by atoms with Crippen LogP contribution in [0.5, 0.6) is 0 Å². The van der Waals surface area contributed by atoms with E-state index in [0.717, 1.165) is 11.3 Å². The minimum absolute atomic E-state index is 0.296. The monoisotopic (exact) mass is 302 g/mol. The van der Waals surface area contributed by atoms with E-state index in [1.165, 1.54) is 7.11 Å². The molecule has 3 aliphatic heterocycles. The van der Waals surface area contributed by atoms with Gasteiger partial charge >= 0.3 is 0 Å². The van der Waals surface area contributed by atoms with Crippen LogP contribution in [0.2, 0.25) is 0 Å². The lowest BCUT2D eigenvalue weighted by Crippen LogP contribution is -2.63. The van der Waals surface area contributed by atoms with Gasteiger partial charge in [0.25, 0.3) is 0 Å². The molecule has 112 valence electrons. The van der Waals surface area contributed by atoms with Crippen molar-refractivity contribution in [2.75, 3.05) is 19.5 Å². The van der Waals surface area contributed by atoms with Crippen molar-refractivity contribution in [1.82, 2.24) is 0 Å². The van der Waals surface area contributed by atoms with Gasteiger partial charge in [0, 0.05) is 12.9 Å². The predicted molar refractivity (Wildman–Crippen MR) is 72.0 cm³/mol. The maximum atomic E-state index is 10.2. The molecule has 6 nitrogen and oxygen atoms in total. The van der Waals surface area contributed by atoms with E-state index in [4.69, 9.17) is 18.9 Å². The molecule has 3 rings (SSSR count). The number of aliphatic hydroxyl groups is 2. The van der Waals surface area contributed by atoms with Gasteiger partial charge in [-0.05, 0) is 11.0 Å². The van der Waals surface area contributed by atoms with E-state index >= 15 is 0 Å². The molecule has 0 aliphatic carbocycles. The van der Waals surface area contributed by atoms with Crippen LogP contribution >= 0.6 is 11.8 Å². The van der Waals surface area contributed by atoms with Crippen molar-refractivity contribution >= 4 is 11.8 Å². The van der Waals surface area contributed by atoms with Gasteiger partial charge in [0.05, 0.1) is 6.61 Å². The lowest BCUT2D eigenvalue weighted by molar-refractivity contribution is -0.349. The zero-order valence-electron chi connectivity index (χ0n) is 11.0. The van der Waals surface area contributed by atoms with Crippen LogP contribution in [0.4, 0.5) is 0 Å². The van der Waals surface area contributed by atoms with E-state index in [-0.39, 0.29) is 0 Å². The van der Waals surface area contributed by atoms with Gasteiger partial charge in [-0.2, -0.15) is 0 Å². The molecular formula is C13H18O6S. The van der Waals surface area contributed by atoms with Crippen molar-refractivity contribution in [3.8, 4) is 0 Å². The Bertz CT molecular complexity index is 410. The minimum atomic E-state index is -1.13. The van der Waals surface area contributed by atoms with Crippen molar-refractivity contribution in [1.29, 1.82) is 0 Å². The molecule has 6 atom stereocenters. The van der Waals surface area contributed by atoms with E-state index in [0.29, 0.717) is 6.61 Å². The molecule has 0 bridgehead atoms. The third-order valence-corrected chi connectivity index (χ3v) is 4.45. The Morgan fingerprint density at radius 1 is 1.30 bits per heavy atom. The summed E-state index contributed by atoms with van der Waals surface area (Å²) in [5, 5.41) is 22.1. The molecule has 0 radical (unpaired) electrons. The first kappa shape index (κ1) is 14.5. The largest absolute Gasteiger partial charge is 0.387 e. The highest BCUT2D eigenvalue weighted by atomic mass is 32.2. The molecule has 0 aromatic carbocycles. The number of allylic oxidation sites excluding steroid dienone is 2. The summed E-state index contributed by atoms with van der Waals surface area (Å²) in [6.07, 6.45) is -0.723. The van der Waals surface area contributed by atoms with Gasteiger partial charge in [-0.1, -0.05) is 12.2 Å². The number of hydrogen-bond donors (Lipinski definition) is 2. The minimum Gasteiger partial charge on any atom is -0.387 e. The highest BCUT2D eigenvalue weighted by molar-refractivity contribution is 8.02. The first-order chi connectivity index (χ1) is 9.70. The number of methoxy groups -OCH3 is 1. The Labute approximate surface area is 121 Å². The van der Waals surface area contributed by atoms with Crippen LogP contribution in [0.3, 0.4) is 0 Å². The second-order valence-corrected chi connectivity index (χ2v) is 5.80. The van der Waals surface area contributed by atoms with Crippen molar-refractivity contribution in [2.45, 2.75) is 37.0 Å². The molecule has 2 fully saturated rings. The first-order valence-corrected chi connectivity index (χ1v) is 7.54. The maximum Gasteiger partial charge on any atom is 0.186 e. The number of rotatable bonds is 2. The standard InChI is InChI=1S/C13H18O6S/c1-16-13-10(15)9(14)11-8(18-13)5-17-12(19-11)7-3-2-4-20-6-7/h2-4,8-15H,5-6H2,1H3/t8?,9?,10-,11-,12-,13?/m1/s1. The molecule has 0 aromatic heterocycles. The average Bonchev–Trinajstić information content (AvgIpc) is 2.51. The molecule has 0 spiro atoms. The molecule has 3 heterocycles. The molecule has 3 unspecified atom stereocenters. The Kier molecular flexibility index (Phi) is 4.46. The summed E-state index contributed by atoms with van der Waals surface area (Å²) >= 11 is 1.66. The van der Waals surface area contributed by atoms with Crippen LogP contribution < -0.4 is 0 Å². The van der Waals surface area contributed by atoms with Crippen LogP contribution in [-0.4, -0.2) is 66.7 Å². The summed E-state index contributed by atoms with van der Waals surface area (Å²) in [7, 11) is 1.42. The Morgan fingerprint density at radius 3 is 2.85 bits per heavy atom. The SMILES string of the molecule is COC1OC2CO[C@@H](C3=CC=CSC3)O[C@H]2C(O)[C@H]1O. The van der Waals surface area contributed by atoms with Crippen LogP contribution in [0.25, 0.3) is 0 Å². The quantitative estimate of drug-likeness (QED) is 0.744. The molecule has 0 aromatic rings. The maximum absolute atomic E-state index is 10.2. The van der Waals surface area contributed by atoms with Crippen molar-refractivity contribution in [2.24, 2.45) is 0 Å². The summed E-state index contributed by atoms with van der Waals surface area (Å²) in [6, 6.07) is 0. The topological polar surface area (TPSA) is 77.4 Å². The second kappa shape index (κ2) is 6.15. The molecule has 2 N–H and O–H groups in total. The zero-order valence-corrected chi connectivity index (χ0v) is 11.9. The molecule has 0 saturated carbocycles. The van der Waals surface area contributed by atoms with Crippen LogP contribution in [0.15, 0.2) is 23.1 Å². The van der Waals surface area contributed by atoms with E-state index < -0.39 is 37.0 Å². The normalized spacial score (nSPS) is 44.9. The number of aliphatic hydroxyl groups excluding tert-OH is 2. The number of ether oxygens (including phenoxy) is 4. The van der Waals surface area contributed by atoms with Gasteiger partial charge in [0.2, 0.25) is 0 Å². The molecular weight excluding hydrogens is 284 g/mol. The summed E-state index contributed by atoms with van der Waals surface area (Å²) in [6.45, 7) is 0.296. The van der Waals surface area contributed by atoms with Gasteiger partial charge in [0.15, 0.2) is 12.6 Å².